The van der Waals surface area contributed by atoms with Crippen molar-refractivity contribution in [1.29, 1.82) is 0 Å². The fourth-order valence-electron chi connectivity index (χ4n) is 1.75. The van der Waals surface area contributed by atoms with Crippen LogP contribution in [0.3, 0.4) is 0 Å². The number of phenols is 1. The summed E-state index contributed by atoms with van der Waals surface area (Å²) in [6, 6.07) is 3.76. The molecule has 1 aromatic heterocycles. The van der Waals surface area contributed by atoms with Crippen LogP contribution in [-0.4, -0.2) is 27.3 Å². The molecule has 1 heterocycles. The number of nitrogens with zero attached hydrogens (tertiary/aromatic N) is 2. The number of carbonyl (C=O) groups excluding carboxylic acids is 1. The lowest BCUT2D eigenvalue weighted by atomic mass is 10.1. The minimum atomic E-state index is -0.737. The lowest BCUT2D eigenvalue weighted by Gasteiger charge is -2.06. The first kappa shape index (κ1) is 13.1. The van der Waals surface area contributed by atoms with E-state index in [1.807, 2.05) is 6.20 Å². The molecule has 100 valence electrons. The minimum absolute atomic E-state index is 0.325. The molecule has 0 aliphatic rings. The van der Waals surface area contributed by atoms with Gasteiger partial charge in [-0.2, -0.15) is 5.10 Å². The molecule has 2 aromatic rings. The number of carbonyl (C=O) groups is 1. The van der Waals surface area contributed by atoms with Gasteiger partial charge >= 0.3 is 0 Å². The Morgan fingerprint density at radius 1 is 1.53 bits per heavy atom. The Morgan fingerprint density at radius 2 is 2.32 bits per heavy atom. The Morgan fingerprint density at radius 3 is 2.95 bits per heavy atom. The molecule has 1 aromatic carbocycles. The summed E-state index contributed by atoms with van der Waals surface area (Å²) in [5.74, 6) is -1.72. The largest absolute Gasteiger partial charge is 0.507 e. The van der Waals surface area contributed by atoms with Gasteiger partial charge in [-0.1, -0.05) is 6.07 Å². The van der Waals surface area contributed by atoms with E-state index in [1.165, 1.54) is 12.1 Å². The Bertz CT molecular complexity index is 575. The van der Waals surface area contributed by atoms with Gasteiger partial charge in [-0.05, 0) is 24.1 Å². The molecule has 2 rings (SSSR count). The maximum absolute atomic E-state index is 13.4. The third-order valence-electron chi connectivity index (χ3n) is 2.68. The third-order valence-corrected chi connectivity index (χ3v) is 2.68. The Kier molecular flexibility index (Phi) is 3.79. The van der Waals surface area contributed by atoms with Crippen LogP contribution >= 0.6 is 0 Å². The Labute approximate surface area is 109 Å². The van der Waals surface area contributed by atoms with Crippen molar-refractivity contribution < 1.29 is 14.3 Å². The number of halogens is 1. The molecule has 0 saturated heterocycles. The first-order chi connectivity index (χ1) is 9.08. The quantitative estimate of drug-likeness (QED) is 0.872. The number of aryl methyl sites for hydroxylation is 1. The maximum atomic E-state index is 13.4. The van der Waals surface area contributed by atoms with Crippen LogP contribution in [-0.2, 0) is 13.5 Å². The highest BCUT2D eigenvalue weighted by atomic mass is 19.1. The van der Waals surface area contributed by atoms with Crippen LogP contribution in [0.1, 0.15) is 15.9 Å². The molecule has 0 aliphatic heterocycles. The average molecular weight is 263 g/mol. The van der Waals surface area contributed by atoms with Gasteiger partial charge in [0.1, 0.15) is 17.1 Å². The maximum Gasteiger partial charge on any atom is 0.258 e. The molecule has 2 N–H and O–H groups in total. The van der Waals surface area contributed by atoms with Gasteiger partial charge < -0.3 is 10.4 Å². The number of aromatic hydroxyl groups is 1. The summed E-state index contributed by atoms with van der Waals surface area (Å²) in [5.41, 5.74) is 0.647. The second-order valence-corrected chi connectivity index (χ2v) is 4.16. The molecular formula is C13H14FN3O2. The number of amides is 1. The molecule has 0 unspecified atom stereocenters. The van der Waals surface area contributed by atoms with Crippen LogP contribution in [0.2, 0.25) is 0 Å². The molecule has 19 heavy (non-hydrogen) atoms. The first-order valence-corrected chi connectivity index (χ1v) is 5.81. The van der Waals surface area contributed by atoms with Crippen molar-refractivity contribution in [3.05, 3.63) is 47.5 Å². The molecule has 0 aliphatic carbocycles. The zero-order valence-corrected chi connectivity index (χ0v) is 10.4. The second kappa shape index (κ2) is 5.51. The van der Waals surface area contributed by atoms with Gasteiger partial charge in [0.15, 0.2) is 0 Å². The molecule has 0 radical (unpaired) electrons. The second-order valence-electron chi connectivity index (χ2n) is 4.16. The van der Waals surface area contributed by atoms with Crippen molar-refractivity contribution >= 4 is 5.91 Å². The van der Waals surface area contributed by atoms with E-state index in [1.54, 1.807) is 17.9 Å². The van der Waals surface area contributed by atoms with E-state index in [2.05, 4.69) is 10.4 Å². The molecule has 0 spiro atoms. The molecular weight excluding hydrogens is 249 g/mol. The van der Waals surface area contributed by atoms with Gasteiger partial charge in [0.25, 0.3) is 5.91 Å². The van der Waals surface area contributed by atoms with Gasteiger partial charge in [-0.15, -0.1) is 0 Å². The molecule has 0 atom stereocenters. The molecule has 0 bridgehead atoms. The smallest absolute Gasteiger partial charge is 0.258 e. The van der Waals surface area contributed by atoms with Gasteiger partial charge in [0.05, 0.1) is 6.20 Å². The van der Waals surface area contributed by atoms with Crippen molar-refractivity contribution in [1.82, 2.24) is 15.1 Å². The van der Waals surface area contributed by atoms with E-state index >= 15 is 0 Å². The summed E-state index contributed by atoms with van der Waals surface area (Å²) in [7, 11) is 1.81. The standard InChI is InChI=1S/C13H14FN3O2/c1-17-8-9(7-16-17)5-6-15-13(19)12-10(14)3-2-4-11(12)18/h2-4,7-8,18H,5-6H2,1H3,(H,15,19). The summed E-state index contributed by atoms with van der Waals surface area (Å²) in [6.07, 6.45) is 4.13. The monoisotopic (exact) mass is 263 g/mol. The van der Waals surface area contributed by atoms with Crippen LogP contribution in [0.5, 0.6) is 5.75 Å². The van der Waals surface area contributed by atoms with E-state index in [0.717, 1.165) is 11.6 Å². The number of benzene rings is 1. The molecule has 0 saturated carbocycles. The van der Waals surface area contributed by atoms with Crippen molar-refractivity contribution in [2.24, 2.45) is 7.05 Å². The number of hydrogen-bond donors (Lipinski definition) is 2. The first-order valence-electron chi connectivity index (χ1n) is 5.81. The third kappa shape index (κ3) is 3.09. The highest BCUT2D eigenvalue weighted by Crippen LogP contribution is 2.19. The van der Waals surface area contributed by atoms with Crippen molar-refractivity contribution in [3.8, 4) is 5.75 Å². The lowest BCUT2D eigenvalue weighted by Crippen LogP contribution is -2.26. The summed E-state index contributed by atoms with van der Waals surface area (Å²) >= 11 is 0. The van der Waals surface area contributed by atoms with E-state index in [0.29, 0.717) is 13.0 Å². The number of phenolic OH excluding ortho intramolecular Hbond substituents is 1. The topological polar surface area (TPSA) is 67.2 Å². The van der Waals surface area contributed by atoms with Gasteiger partial charge in [-0.3, -0.25) is 9.48 Å². The zero-order chi connectivity index (χ0) is 13.8. The zero-order valence-electron chi connectivity index (χ0n) is 10.4. The Hall–Kier alpha value is -2.37. The van der Waals surface area contributed by atoms with Crippen LogP contribution in [0.25, 0.3) is 0 Å². The van der Waals surface area contributed by atoms with Crippen molar-refractivity contribution in [3.63, 3.8) is 0 Å². The number of rotatable bonds is 4. The van der Waals surface area contributed by atoms with E-state index in [9.17, 15) is 14.3 Å². The van der Waals surface area contributed by atoms with Crippen molar-refractivity contribution in [2.75, 3.05) is 6.54 Å². The molecule has 5 nitrogen and oxygen atoms in total. The fourth-order valence-corrected chi connectivity index (χ4v) is 1.75. The fraction of sp³-hybridized carbons (Fsp3) is 0.231. The highest BCUT2D eigenvalue weighted by molar-refractivity contribution is 5.97. The van der Waals surface area contributed by atoms with E-state index < -0.39 is 11.7 Å². The highest BCUT2D eigenvalue weighted by Gasteiger charge is 2.15. The van der Waals surface area contributed by atoms with Crippen LogP contribution < -0.4 is 5.32 Å². The van der Waals surface area contributed by atoms with Crippen LogP contribution in [0, 0.1) is 5.82 Å². The molecule has 0 fully saturated rings. The molecule has 6 heteroatoms. The van der Waals surface area contributed by atoms with Gasteiger partial charge in [0, 0.05) is 19.8 Å². The lowest BCUT2D eigenvalue weighted by molar-refractivity contribution is 0.0947. The SMILES string of the molecule is Cn1cc(CCNC(=O)c2c(O)cccc2F)cn1. The van der Waals surface area contributed by atoms with Crippen molar-refractivity contribution in [2.45, 2.75) is 6.42 Å². The number of hydrogen-bond acceptors (Lipinski definition) is 3. The van der Waals surface area contributed by atoms with Crippen LogP contribution in [0.15, 0.2) is 30.6 Å². The minimum Gasteiger partial charge on any atom is -0.507 e. The van der Waals surface area contributed by atoms with E-state index in [-0.39, 0.29) is 11.3 Å². The average Bonchev–Trinajstić information content (AvgIpc) is 2.75. The van der Waals surface area contributed by atoms with Gasteiger partial charge in [-0.25, -0.2) is 4.39 Å². The van der Waals surface area contributed by atoms with Crippen LogP contribution in [0.4, 0.5) is 4.39 Å². The normalized spacial score (nSPS) is 10.4. The van der Waals surface area contributed by atoms with E-state index in [4.69, 9.17) is 0 Å². The number of nitrogens with one attached hydrogen (secondary N) is 1. The number of aromatic nitrogens is 2. The summed E-state index contributed by atoms with van der Waals surface area (Å²) in [4.78, 5) is 11.7. The summed E-state index contributed by atoms with van der Waals surface area (Å²) in [5, 5.41) is 16.0. The predicted octanol–water partition coefficient (Wildman–Crippen LogP) is 1.24. The van der Waals surface area contributed by atoms with Gasteiger partial charge in [0.2, 0.25) is 0 Å². The Balaban J connectivity index is 1.94. The molecule has 1 amide bonds. The summed E-state index contributed by atoms with van der Waals surface area (Å²) in [6.45, 7) is 0.346. The predicted molar refractivity (Wildman–Crippen MR) is 67.3 cm³/mol. The summed E-state index contributed by atoms with van der Waals surface area (Å²) < 4.78 is 15.1.